The Morgan fingerprint density at radius 2 is 1.54 bits per heavy atom. The van der Waals surface area contributed by atoms with Crippen LogP contribution >= 0.6 is 0 Å². The number of amides is 4. The van der Waals surface area contributed by atoms with Crippen LogP contribution in [-0.2, 0) is 19.1 Å². The van der Waals surface area contributed by atoms with Crippen LogP contribution in [0, 0.1) is 11.8 Å². The molecular formula is C43H53FN8O6Si. The molecule has 14 nitrogen and oxygen atoms in total. The Morgan fingerprint density at radius 1 is 0.881 bits per heavy atom. The highest BCUT2D eigenvalue weighted by Gasteiger charge is 2.46. The van der Waals surface area contributed by atoms with E-state index < -0.39 is 51.0 Å². The molecule has 2 aromatic heterocycles. The van der Waals surface area contributed by atoms with Crippen molar-refractivity contribution in [1.82, 2.24) is 40.4 Å². The van der Waals surface area contributed by atoms with Crippen LogP contribution in [0.2, 0.25) is 19.1 Å². The number of methoxy groups -OCH3 is 1. The average molecular weight is 825 g/mol. The molecule has 7 rings (SSSR count). The van der Waals surface area contributed by atoms with E-state index >= 15 is 0 Å². The maximum atomic E-state index is 14.8. The molecule has 312 valence electrons. The van der Waals surface area contributed by atoms with Crippen molar-refractivity contribution in [2.45, 2.75) is 83.6 Å². The summed E-state index contributed by atoms with van der Waals surface area (Å²) >= 11 is 0. The van der Waals surface area contributed by atoms with Gasteiger partial charge < -0.3 is 40.2 Å². The molecule has 2 aliphatic heterocycles. The number of benzene rings is 3. The Morgan fingerprint density at radius 3 is 2.22 bits per heavy atom. The Labute approximate surface area is 343 Å². The number of imidazole rings is 2. The van der Waals surface area contributed by atoms with Gasteiger partial charge in [-0.1, -0.05) is 83.3 Å². The molecule has 4 amide bonds. The van der Waals surface area contributed by atoms with E-state index in [1.807, 2.05) is 62.9 Å². The van der Waals surface area contributed by atoms with Crippen LogP contribution in [0.3, 0.4) is 0 Å². The molecule has 0 saturated carbocycles. The lowest BCUT2D eigenvalue weighted by atomic mass is 9.99. The van der Waals surface area contributed by atoms with E-state index in [1.165, 1.54) is 12.0 Å². The number of aromatic amines is 2. The minimum atomic E-state index is -1.81. The first-order valence-electron chi connectivity index (χ1n) is 20.1. The summed E-state index contributed by atoms with van der Waals surface area (Å²) in [6.07, 6.45) is 0.479. The number of H-pyrrole nitrogens is 2. The molecule has 2 aliphatic rings. The van der Waals surface area contributed by atoms with E-state index in [0.29, 0.717) is 12.0 Å². The number of nitrogens with zero attached hydrogens (tertiary/aromatic N) is 4. The van der Waals surface area contributed by atoms with Crippen molar-refractivity contribution in [2.75, 3.05) is 26.4 Å². The Kier molecular flexibility index (Phi) is 11.7. The van der Waals surface area contributed by atoms with Gasteiger partial charge in [-0.15, -0.1) is 0 Å². The number of alkyl carbamates (subject to hydrolysis) is 1. The van der Waals surface area contributed by atoms with E-state index in [1.54, 1.807) is 6.20 Å². The molecular weight excluding hydrogens is 772 g/mol. The minimum Gasteiger partial charge on any atom is -0.453 e. The van der Waals surface area contributed by atoms with Gasteiger partial charge in [0.2, 0.25) is 17.7 Å². The lowest BCUT2D eigenvalue weighted by Gasteiger charge is -2.30. The number of nitrogens with one attached hydrogen (secondary N) is 4. The summed E-state index contributed by atoms with van der Waals surface area (Å²) in [6.45, 7) is 11.1. The Bertz CT molecular complexity index is 2380. The van der Waals surface area contributed by atoms with E-state index in [2.05, 4.69) is 62.9 Å². The normalized spacial score (nSPS) is 20.1. The summed E-state index contributed by atoms with van der Waals surface area (Å²) in [4.78, 5) is 71.4. The second kappa shape index (κ2) is 16.6. The van der Waals surface area contributed by atoms with Crippen molar-refractivity contribution in [3.8, 4) is 22.4 Å². The zero-order valence-corrected chi connectivity index (χ0v) is 35.5. The monoisotopic (exact) mass is 824 g/mol. The van der Waals surface area contributed by atoms with E-state index in [9.17, 15) is 28.7 Å². The lowest BCUT2D eigenvalue weighted by molar-refractivity contribution is -0.139. The molecule has 0 aliphatic carbocycles. The van der Waals surface area contributed by atoms with Crippen LogP contribution in [0.4, 0.5) is 9.18 Å². The van der Waals surface area contributed by atoms with Crippen molar-refractivity contribution in [1.29, 1.82) is 0 Å². The van der Waals surface area contributed by atoms with Crippen LogP contribution in [0.5, 0.6) is 0 Å². The fraction of sp³-hybridized carbons (Fsp3) is 0.442. The fourth-order valence-corrected chi connectivity index (χ4v) is 11.4. The molecule has 1 unspecified atom stereocenters. The molecule has 5 aromatic rings. The van der Waals surface area contributed by atoms with Gasteiger partial charge in [0, 0.05) is 18.0 Å². The molecule has 5 atom stereocenters. The molecule has 2 fully saturated rings. The fourth-order valence-electron chi connectivity index (χ4n) is 8.48. The predicted octanol–water partition coefficient (Wildman–Crippen LogP) is 6.03. The van der Waals surface area contributed by atoms with Crippen molar-refractivity contribution in [3.05, 3.63) is 72.4 Å². The van der Waals surface area contributed by atoms with E-state index in [0.717, 1.165) is 56.1 Å². The summed E-state index contributed by atoms with van der Waals surface area (Å²) in [5, 5.41) is 16.7. The van der Waals surface area contributed by atoms with E-state index in [4.69, 9.17) is 9.72 Å². The number of halogens is 1. The minimum absolute atomic E-state index is 0.0910. The Balaban J connectivity index is 1.10. The summed E-state index contributed by atoms with van der Waals surface area (Å²) in [6, 6.07) is 16.7. The number of hydrogen-bond donors (Lipinski definition) is 5. The summed E-state index contributed by atoms with van der Waals surface area (Å²) in [7, 11) is -0.576. The van der Waals surface area contributed by atoms with Gasteiger partial charge in [-0.2, -0.15) is 0 Å². The van der Waals surface area contributed by atoms with Gasteiger partial charge in [-0.3, -0.25) is 14.4 Å². The summed E-state index contributed by atoms with van der Waals surface area (Å²) < 4.78 is 19.5. The second-order valence-corrected chi connectivity index (χ2v) is 22.3. The predicted molar refractivity (Wildman–Crippen MR) is 225 cm³/mol. The number of rotatable bonds is 11. The van der Waals surface area contributed by atoms with Crippen LogP contribution in [-0.4, -0.2) is 111 Å². The van der Waals surface area contributed by atoms with Crippen LogP contribution in [0.25, 0.3) is 44.2 Å². The molecule has 0 radical (unpaired) electrons. The first kappa shape index (κ1) is 41.5. The number of aliphatic hydroxyl groups excluding tert-OH is 1. The molecule has 5 N–H and O–H groups in total. The molecule has 59 heavy (non-hydrogen) atoms. The summed E-state index contributed by atoms with van der Waals surface area (Å²) in [5.74, 6) is -0.318. The average Bonchev–Trinajstić information content (AvgIpc) is 4.02. The van der Waals surface area contributed by atoms with Crippen LogP contribution in [0.15, 0.2) is 60.8 Å². The van der Waals surface area contributed by atoms with Crippen molar-refractivity contribution < 1.29 is 33.4 Å². The van der Waals surface area contributed by atoms with Gasteiger partial charge in [0.15, 0.2) is 0 Å². The number of aliphatic hydroxyl groups is 1. The third-order valence-electron chi connectivity index (χ3n) is 11.6. The summed E-state index contributed by atoms with van der Waals surface area (Å²) in [5.41, 5.74) is 5.32. The largest absolute Gasteiger partial charge is 0.453 e. The van der Waals surface area contributed by atoms with Gasteiger partial charge in [-0.05, 0) is 52.1 Å². The first-order valence-corrected chi connectivity index (χ1v) is 23.6. The third kappa shape index (κ3) is 8.46. The van der Waals surface area contributed by atoms with Crippen LogP contribution < -0.4 is 10.6 Å². The lowest BCUT2D eigenvalue weighted by Crippen LogP contribution is -2.52. The maximum Gasteiger partial charge on any atom is 0.407 e. The highest BCUT2D eigenvalue weighted by molar-refractivity contribution is 6.78. The smallest absolute Gasteiger partial charge is 0.407 e. The van der Waals surface area contributed by atoms with E-state index in [-0.39, 0.29) is 42.7 Å². The van der Waals surface area contributed by atoms with Crippen molar-refractivity contribution >= 4 is 53.7 Å². The number of alkyl halides is 1. The molecule has 2 saturated heterocycles. The highest BCUT2D eigenvalue weighted by Crippen LogP contribution is 2.40. The van der Waals surface area contributed by atoms with Crippen LogP contribution in [0.1, 0.15) is 57.8 Å². The number of hydrogen-bond acceptors (Lipinski definition) is 8. The Hall–Kier alpha value is -5.61. The molecule has 4 heterocycles. The third-order valence-corrected chi connectivity index (χ3v) is 14.3. The maximum absolute atomic E-state index is 14.8. The molecule has 3 aromatic carbocycles. The molecule has 16 heteroatoms. The number of fused-ring (bicyclic) bond motifs is 3. The highest BCUT2D eigenvalue weighted by atomic mass is 28.3. The zero-order chi connectivity index (χ0) is 42.3. The standard InChI is InChI=1S/C43H53FN8O6Si/c1-23(2)36(48-35(54)20-53)42(56)52-22-59(6,7)21-34(52)40-46-31-15-13-28-16-27(12-14-30(28)38(31)49-40)25-8-10-26(11-9-25)32-18-45-39(47-32)33-17-29(44)19-51(33)41(55)37(24(3)4)50-43(57)58-5/h8-16,18,23-24,29,33-34,36-37,53H,17,19-22H2,1-7H3,(H,45,47)(H,46,49)(H,48,54)(H,50,57)/t29?,33-,34-,36-,37-/m0/s1. The molecule has 0 spiro atoms. The van der Waals surface area contributed by atoms with Gasteiger partial charge in [-0.25, -0.2) is 19.2 Å². The van der Waals surface area contributed by atoms with Crippen molar-refractivity contribution in [3.63, 3.8) is 0 Å². The van der Waals surface area contributed by atoms with Gasteiger partial charge >= 0.3 is 6.09 Å². The number of carbonyl (C=O) groups is 4. The van der Waals surface area contributed by atoms with Gasteiger partial charge in [0.05, 0.1) is 56.7 Å². The zero-order valence-electron chi connectivity index (χ0n) is 34.5. The molecule has 0 bridgehead atoms. The SMILES string of the molecule is COC(=O)N[C@H](C(=O)N1CC(F)C[C@H]1c1ncc(-c2ccc(-c3ccc4c(ccc5[nH]c([C@@H]6C[Si](C)(C)CN6C(=O)[C@@H](NC(=O)CO)C(C)C)nc54)c3)cc2)[nH]1)C(C)C. The van der Waals surface area contributed by atoms with Gasteiger partial charge in [0.25, 0.3) is 0 Å². The number of carbonyl (C=O) groups excluding carboxylic acids is 4. The van der Waals surface area contributed by atoms with Gasteiger partial charge in [0.1, 0.15) is 36.5 Å². The number of likely N-dealkylation sites (tertiary alicyclic amines) is 1. The number of aromatic nitrogens is 4. The topological polar surface area (TPSA) is 186 Å². The van der Waals surface area contributed by atoms with Crippen molar-refractivity contribution in [2.24, 2.45) is 11.8 Å². The number of ether oxygens (including phenoxy) is 1. The second-order valence-electron chi connectivity index (χ2n) is 17.3. The quantitative estimate of drug-likeness (QED) is 0.100. The first-order chi connectivity index (χ1) is 28.1.